The number of nitrogens with zero attached hydrogens (tertiary/aromatic N) is 2. The van der Waals surface area contributed by atoms with Crippen molar-refractivity contribution in [1.82, 2.24) is 4.68 Å². The second kappa shape index (κ2) is 9.47. The van der Waals surface area contributed by atoms with Gasteiger partial charge >= 0.3 is 5.97 Å². The maximum absolute atomic E-state index is 13.0. The first-order chi connectivity index (χ1) is 17.3. The molecule has 0 spiro atoms. The quantitative estimate of drug-likeness (QED) is 0.437. The average molecular weight is 489 g/mol. The van der Waals surface area contributed by atoms with Crippen molar-refractivity contribution in [3.63, 3.8) is 0 Å². The second-order valence-electron chi connectivity index (χ2n) is 9.97. The van der Waals surface area contributed by atoms with E-state index in [-0.39, 0.29) is 29.2 Å². The summed E-state index contributed by atoms with van der Waals surface area (Å²) >= 11 is 0. The van der Waals surface area contributed by atoms with Crippen LogP contribution in [0.25, 0.3) is 11.3 Å². The molecule has 3 heterocycles. The molecule has 2 aliphatic rings. The summed E-state index contributed by atoms with van der Waals surface area (Å²) in [6.07, 6.45) is 3.56. The molecule has 0 saturated carbocycles. The molecule has 1 fully saturated rings. The van der Waals surface area contributed by atoms with Crippen molar-refractivity contribution < 1.29 is 19.0 Å². The maximum Gasteiger partial charge on any atom is 0.343 e. The number of fused-ring (bicyclic) bond motifs is 6. The molecule has 2 aliphatic heterocycles. The highest BCUT2D eigenvalue weighted by molar-refractivity contribution is 5.89. The van der Waals surface area contributed by atoms with E-state index in [0.29, 0.717) is 13.2 Å². The molecule has 1 atom stereocenters. The van der Waals surface area contributed by atoms with E-state index in [1.54, 1.807) is 26.3 Å². The van der Waals surface area contributed by atoms with Crippen LogP contribution in [0.15, 0.2) is 59.5 Å². The van der Waals surface area contributed by atoms with Gasteiger partial charge in [0.25, 0.3) is 0 Å². The van der Waals surface area contributed by atoms with E-state index in [0.717, 1.165) is 46.5 Å². The molecule has 0 aliphatic carbocycles. The smallest absolute Gasteiger partial charge is 0.343 e. The summed E-state index contributed by atoms with van der Waals surface area (Å²) in [5.74, 6) is 0.185. The first-order valence-corrected chi connectivity index (χ1v) is 12.4. The highest BCUT2D eigenvalue weighted by atomic mass is 16.5. The van der Waals surface area contributed by atoms with Crippen LogP contribution in [0.4, 0.5) is 0 Å². The zero-order valence-corrected chi connectivity index (χ0v) is 21.2. The van der Waals surface area contributed by atoms with Crippen LogP contribution < -0.4 is 15.2 Å². The number of hydrogen-bond acceptors (Lipinski definition) is 6. The van der Waals surface area contributed by atoms with Gasteiger partial charge in [-0.1, -0.05) is 30.3 Å². The minimum absolute atomic E-state index is 0.0467. The Bertz CT molecular complexity index is 1350. The SMILES string of the molecule is CCOC(=O)c1cn2c(cc1=O)-c1cc(COC)c(OCc3ccccc3)cc1[C@H]1CCC(C)(C)N12. The van der Waals surface area contributed by atoms with E-state index in [9.17, 15) is 9.59 Å². The Morgan fingerprint density at radius 1 is 1.11 bits per heavy atom. The average Bonchev–Trinajstić information content (AvgIpc) is 3.19. The molecule has 1 aromatic heterocycles. The Hall–Kier alpha value is -3.58. The molecular weight excluding hydrogens is 456 g/mol. The van der Waals surface area contributed by atoms with Crippen LogP contribution in [-0.4, -0.2) is 29.9 Å². The van der Waals surface area contributed by atoms with Crippen molar-refractivity contribution in [3.8, 4) is 17.0 Å². The van der Waals surface area contributed by atoms with Crippen LogP contribution in [0.3, 0.4) is 0 Å². The van der Waals surface area contributed by atoms with Gasteiger partial charge in [0.05, 0.1) is 30.5 Å². The fourth-order valence-electron chi connectivity index (χ4n) is 5.42. The number of methoxy groups -OCH3 is 1. The highest BCUT2D eigenvalue weighted by Crippen LogP contribution is 2.49. The standard InChI is InChI=1S/C29H32N2O5/c1-5-35-28(33)23-16-30-25(15-26(23)32)21-13-20(18-34-4)27(36-17-19-9-7-6-8-10-19)14-22(21)24-11-12-29(2,3)31(24)30/h6-10,13-16,24H,5,11-12,17-18H2,1-4H3/t24-/m1/s1. The van der Waals surface area contributed by atoms with Crippen LogP contribution in [0, 0.1) is 0 Å². The number of aromatic nitrogens is 1. The molecule has 0 unspecified atom stereocenters. The van der Waals surface area contributed by atoms with Crippen molar-refractivity contribution in [3.05, 3.63) is 87.2 Å². The second-order valence-corrected chi connectivity index (χ2v) is 9.97. The van der Waals surface area contributed by atoms with Gasteiger partial charge in [0.1, 0.15) is 17.9 Å². The summed E-state index contributed by atoms with van der Waals surface area (Å²) < 4.78 is 18.9. The van der Waals surface area contributed by atoms with E-state index in [4.69, 9.17) is 14.2 Å². The lowest BCUT2D eigenvalue weighted by Crippen LogP contribution is -2.50. The lowest BCUT2D eigenvalue weighted by Gasteiger charge is -2.44. The van der Waals surface area contributed by atoms with Gasteiger partial charge in [-0.05, 0) is 56.9 Å². The van der Waals surface area contributed by atoms with E-state index in [1.807, 2.05) is 35.0 Å². The largest absolute Gasteiger partial charge is 0.489 e. The third-order valence-electron chi connectivity index (χ3n) is 7.11. The molecule has 1 saturated heterocycles. The van der Waals surface area contributed by atoms with Crippen LogP contribution in [0.1, 0.15) is 66.7 Å². The van der Waals surface area contributed by atoms with Gasteiger partial charge in [0, 0.05) is 30.5 Å². The van der Waals surface area contributed by atoms with Gasteiger partial charge in [0.2, 0.25) is 0 Å². The van der Waals surface area contributed by atoms with Crippen molar-refractivity contribution in [2.45, 2.75) is 58.4 Å². The number of carbonyl (C=O) groups excluding carboxylic acids is 1. The molecule has 7 heteroatoms. The first-order valence-electron chi connectivity index (χ1n) is 12.4. The maximum atomic E-state index is 13.0. The lowest BCUT2D eigenvalue weighted by atomic mass is 9.92. The number of esters is 1. The molecule has 0 radical (unpaired) electrons. The molecular formula is C29H32N2O5. The summed E-state index contributed by atoms with van der Waals surface area (Å²) in [6, 6.07) is 15.9. The molecule has 0 bridgehead atoms. The van der Waals surface area contributed by atoms with Gasteiger partial charge in [-0.3, -0.25) is 14.5 Å². The number of carbonyl (C=O) groups is 1. The van der Waals surface area contributed by atoms with Crippen LogP contribution >= 0.6 is 0 Å². The minimum atomic E-state index is -0.595. The first kappa shape index (κ1) is 24.1. The van der Waals surface area contributed by atoms with Crippen LogP contribution in [0.5, 0.6) is 5.75 Å². The summed E-state index contributed by atoms with van der Waals surface area (Å²) in [4.78, 5) is 25.6. The van der Waals surface area contributed by atoms with Crippen LogP contribution in [0.2, 0.25) is 0 Å². The Morgan fingerprint density at radius 3 is 2.61 bits per heavy atom. The van der Waals surface area contributed by atoms with Crippen molar-refractivity contribution in [2.24, 2.45) is 0 Å². The third kappa shape index (κ3) is 4.17. The molecule has 2 aromatic carbocycles. The fraction of sp³-hybridized carbons (Fsp3) is 0.379. The Morgan fingerprint density at radius 2 is 1.89 bits per heavy atom. The van der Waals surface area contributed by atoms with Crippen molar-refractivity contribution in [2.75, 3.05) is 18.7 Å². The van der Waals surface area contributed by atoms with Crippen molar-refractivity contribution >= 4 is 5.97 Å². The van der Waals surface area contributed by atoms with E-state index >= 15 is 0 Å². The van der Waals surface area contributed by atoms with Crippen LogP contribution in [-0.2, 0) is 22.7 Å². The monoisotopic (exact) mass is 488 g/mol. The molecule has 36 heavy (non-hydrogen) atoms. The summed E-state index contributed by atoms with van der Waals surface area (Å²) in [5, 5.41) is 2.28. The Kier molecular flexibility index (Phi) is 6.35. The molecule has 3 aromatic rings. The Balaban J connectivity index is 1.65. The van der Waals surface area contributed by atoms with Crippen molar-refractivity contribution in [1.29, 1.82) is 0 Å². The summed E-state index contributed by atoms with van der Waals surface area (Å²) in [5.41, 5.74) is 4.35. The normalized spacial score (nSPS) is 17.2. The molecule has 188 valence electrons. The third-order valence-corrected chi connectivity index (χ3v) is 7.11. The highest BCUT2D eigenvalue weighted by Gasteiger charge is 2.45. The Labute approximate surface area is 211 Å². The van der Waals surface area contributed by atoms with Gasteiger partial charge in [-0.2, -0.15) is 0 Å². The number of rotatable bonds is 7. The van der Waals surface area contributed by atoms with E-state index in [1.165, 1.54) is 0 Å². The number of ether oxygens (including phenoxy) is 3. The number of pyridine rings is 1. The minimum Gasteiger partial charge on any atom is -0.489 e. The van der Waals surface area contributed by atoms with Gasteiger partial charge in [-0.25, -0.2) is 4.79 Å². The number of benzene rings is 2. The van der Waals surface area contributed by atoms with Gasteiger partial charge < -0.3 is 14.2 Å². The molecule has 5 rings (SSSR count). The molecule has 0 amide bonds. The predicted octanol–water partition coefficient (Wildman–Crippen LogP) is 4.98. The lowest BCUT2D eigenvalue weighted by molar-refractivity contribution is 0.0523. The van der Waals surface area contributed by atoms with Gasteiger partial charge in [-0.15, -0.1) is 0 Å². The topological polar surface area (TPSA) is 70.0 Å². The summed E-state index contributed by atoms with van der Waals surface area (Å²) in [6.45, 7) is 7.16. The zero-order chi connectivity index (χ0) is 25.4. The van der Waals surface area contributed by atoms with E-state index < -0.39 is 5.97 Å². The molecule has 7 nitrogen and oxygen atoms in total. The number of hydrogen-bond donors (Lipinski definition) is 0. The van der Waals surface area contributed by atoms with Gasteiger partial charge in [0.15, 0.2) is 5.43 Å². The molecule has 0 N–H and O–H groups in total. The zero-order valence-electron chi connectivity index (χ0n) is 21.2. The summed E-state index contributed by atoms with van der Waals surface area (Å²) in [7, 11) is 1.66. The predicted molar refractivity (Wildman–Crippen MR) is 138 cm³/mol. The van der Waals surface area contributed by atoms with E-state index in [2.05, 4.69) is 31.0 Å². The fourth-order valence-corrected chi connectivity index (χ4v) is 5.42.